The summed E-state index contributed by atoms with van der Waals surface area (Å²) < 4.78 is 27.7. The monoisotopic (exact) mass is 466 g/mol. The van der Waals surface area contributed by atoms with Crippen molar-refractivity contribution in [3.8, 4) is 0 Å². The second kappa shape index (κ2) is 8.91. The molecule has 1 amide bonds. The number of carbonyl (C=O) groups is 1. The van der Waals surface area contributed by atoms with E-state index < -0.39 is 10.0 Å². The summed E-state index contributed by atoms with van der Waals surface area (Å²) in [6.45, 7) is 3.81. The molecular formula is C25H30N4O3S. The number of sulfonamides is 1. The van der Waals surface area contributed by atoms with Gasteiger partial charge in [0.15, 0.2) is 0 Å². The second-order valence-corrected chi connectivity index (χ2v) is 11.1. The third-order valence-corrected chi connectivity index (χ3v) is 8.98. The molecule has 2 aliphatic rings. The maximum Gasteiger partial charge on any atom is 0.253 e. The number of fused-ring (bicyclic) bond motifs is 1. The fourth-order valence-corrected chi connectivity index (χ4v) is 6.77. The summed E-state index contributed by atoms with van der Waals surface area (Å²) in [7, 11) is -3.54. The molecule has 0 bridgehead atoms. The summed E-state index contributed by atoms with van der Waals surface area (Å²) in [5.41, 5.74) is 2.47. The van der Waals surface area contributed by atoms with Crippen LogP contribution in [0.4, 0.5) is 0 Å². The SMILES string of the molecule is CC1CCCCN1S(=O)(=O)c1ccc(C(=O)N2CCCC(c3nc4ccccc4[nH]3)C2)cc1. The molecule has 1 N–H and O–H groups in total. The smallest absolute Gasteiger partial charge is 0.253 e. The van der Waals surface area contributed by atoms with Crippen LogP contribution in [0.3, 0.4) is 0 Å². The number of hydrogen-bond acceptors (Lipinski definition) is 4. The summed E-state index contributed by atoms with van der Waals surface area (Å²) in [5, 5.41) is 0. The topological polar surface area (TPSA) is 86.4 Å². The quantitative estimate of drug-likeness (QED) is 0.626. The van der Waals surface area contributed by atoms with E-state index in [1.807, 2.05) is 36.1 Å². The number of nitrogens with zero attached hydrogens (tertiary/aromatic N) is 3. The van der Waals surface area contributed by atoms with Crippen LogP contribution in [0.1, 0.15) is 61.1 Å². The second-order valence-electron chi connectivity index (χ2n) is 9.21. The van der Waals surface area contributed by atoms with Gasteiger partial charge in [-0.2, -0.15) is 4.31 Å². The van der Waals surface area contributed by atoms with Gasteiger partial charge < -0.3 is 9.88 Å². The van der Waals surface area contributed by atoms with Crippen molar-refractivity contribution in [1.29, 1.82) is 0 Å². The lowest BCUT2D eigenvalue weighted by molar-refractivity contribution is 0.0705. The standard InChI is InChI=1S/C25H30N4O3S/c1-18-7-4-5-16-29(18)33(31,32)21-13-11-19(12-14-21)25(30)28-15-6-8-20(17-28)24-26-22-9-2-3-10-23(22)27-24/h2-3,9-14,18,20H,4-8,15-17H2,1H3,(H,26,27). The zero-order valence-electron chi connectivity index (χ0n) is 18.9. The molecule has 0 saturated carbocycles. The van der Waals surface area contributed by atoms with Crippen LogP contribution in [-0.2, 0) is 10.0 Å². The van der Waals surface area contributed by atoms with Crippen LogP contribution in [0.15, 0.2) is 53.4 Å². The molecule has 2 fully saturated rings. The van der Waals surface area contributed by atoms with Crippen molar-refractivity contribution in [2.45, 2.75) is 55.9 Å². The molecule has 7 nitrogen and oxygen atoms in total. The minimum atomic E-state index is -3.54. The number of benzene rings is 2. The first-order valence-electron chi connectivity index (χ1n) is 11.8. The number of imidazole rings is 1. The Bertz CT molecular complexity index is 1220. The van der Waals surface area contributed by atoms with Crippen LogP contribution in [0.5, 0.6) is 0 Å². The largest absolute Gasteiger partial charge is 0.342 e. The van der Waals surface area contributed by atoms with Gasteiger partial charge in [0.05, 0.1) is 15.9 Å². The average molecular weight is 467 g/mol. The lowest BCUT2D eigenvalue weighted by Crippen LogP contribution is -2.42. The Morgan fingerprint density at radius 1 is 1.00 bits per heavy atom. The lowest BCUT2D eigenvalue weighted by Gasteiger charge is -2.32. The van der Waals surface area contributed by atoms with Gasteiger partial charge in [-0.3, -0.25) is 4.79 Å². The fourth-order valence-electron chi connectivity index (χ4n) is 5.07. The summed E-state index contributed by atoms with van der Waals surface area (Å²) >= 11 is 0. The molecule has 2 saturated heterocycles. The molecule has 3 heterocycles. The van der Waals surface area contributed by atoms with Gasteiger partial charge in [-0.05, 0) is 69.0 Å². The van der Waals surface area contributed by atoms with Crippen molar-refractivity contribution in [1.82, 2.24) is 19.2 Å². The first-order chi connectivity index (χ1) is 15.9. The average Bonchev–Trinajstić information content (AvgIpc) is 3.28. The Morgan fingerprint density at radius 2 is 1.79 bits per heavy atom. The number of piperidine rings is 2. The van der Waals surface area contributed by atoms with Crippen LogP contribution in [0, 0.1) is 0 Å². The van der Waals surface area contributed by atoms with E-state index >= 15 is 0 Å². The van der Waals surface area contributed by atoms with E-state index in [1.54, 1.807) is 28.6 Å². The Kier molecular flexibility index (Phi) is 5.97. The maximum absolute atomic E-state index is 13.2. The predicted octanol–water partition coefficient (Wildman–Crippen LogP) is 4.15. The van der Waals surface area contributed by atoms with Gasteiger partial charge in [0, 0.05) is 37.2 Å². The highest BCUT2D eigenvalue weighted by Gasteiger charge is 2.32. The maximum atomic E-state index is 13.2. The van der Waals surface area contributed by atoms with Crippen molar-refractivity contribution in [2.24, 2.45) is 0 Å². The van der Waals surface area contributed by atoms with Gasteiger partial charge in [-0.15, -0.1) is 0 Å². The lowest BCUT2D eigenvalue weighted by atomic mass is 9.96. The van der Waals surface area contributed by atoms with E-state index in [2.05, 4.69) is 4.98 Å². The number of para-hydroxylation sites is 2. The zero-order chi connectivity index (χ0) is 23.0. The van der Waals surface area contributed by atoms with Gasteiger partial charge in [0.25, 0.3) is 5.91 Å². The van der Waals surface area contributed by atoms with E-state index in [4.69, 9.17) is 4.98 Å². The Hall–Kier alpha value is -2.71. The highest BCUT2D eigenvalue weighted by Crippen LogP contribution is 2.29. The number of amides is 1. The minimum absolute atomic E-state index is 0.00795. The van der Waals surface area contributed by atoms with Gasteiger partial charge >= 0.3 is 0 Å². The molecule has 3 aromatic rings. The number of carbonyl (C=O) groups excluding carboxylic acids is 1. The highest BCUT2D eigenvalue weighted by molar-refractivity contribution is 7.89. The van der Waals surface area contributed by atoms with E-state index in [9.17, 15) is 13.2 Å². The van der Waals surface area contributed by atoms with Gasteiger partial charge in [-0.1, -0.05) is 18.6 Å². The molecule has 0 aliphatic carbocycles. The number of hydrogen-bond donors (Lipinski definition) is 1. The molecule has 2 aliphatic heterocycles. The number of aromatic amines is 1. The molecule has 5 rings (SSSR count). The van der Waals surface area contributed by atoms with Crippen molar-refractivity contribution in [2.75, 3.05) is 19.6 Å². The van der Waals surface area contributed by atoms with E-state index in [-0.39, 0.29) is 22.8 Å². The number of rotatable bonds is 4. The molecular weight excluding hydrogens is 436 g/mol. The first-order valence-corrected chi connectivity index (χ1v) is 13.2. The third kappa shape index (κ3) is 4.29. The molecule has 174 valence electrons. The summed E-state index contributed by atoms with van der Waals surface area (Å²) in [5.74, 6) is 1.02. The van der Waals surface area contributed by atoms with E-state index in [0.29, 0.717) is 25.2 Å². The Labute approximate surface area is 194 Å². The molecule has 0 radical (unpaired) electrons. The van der Waals surface area contributed by atoms with Crippen LogP contribution in [0.2, 0.25) is 0 Å². The summed E-state index contributed by atoms with van der Waals surface area (Å²) in [6.07, 6.45) is 4.73. The summed E-state index contributed by atoms with van der Waals surface area (Å²) in [4.78, 5) is 23.4. The number of aromatic nitrogens is 2. The molecule has 2 unspecified atom stereocenters. The highest BCUT2D eigenvalue weighted by atomic mass is 32.2. The number of nitrogens with one attached hydrogen (secondary N) is 1. The van der Waals surface area contributed by atoms with Crippen LogP contribution >= 0.6 is 0 Å². The first kappa shape index (κ1) is 22.1. The van der Waals surface area contributed by atoms with Gasteiger partial charge in [0.1, 0.15) is 5.82 Å². The van der Waals surface area contributed by atoms with E-state index in [0.717, 1.165) is 49.0 Å². The minimum Gasteiger partial charge on any atom is -0.342 e. The van der Waals surface area contributed by atoms with Crippen LogP contribution in [-0.4, -0.2) is 59.2 Å². The Balaban J connectivity index is 1.31. The van der Waals surface area contributed by atoms with Gasteiger partial charge in [0.2, 0.25) is 10.0 Å². The summed E-state index contributed by atoms with van der Waals surface area (Å²) in [6, 6.07) is 14.4. The molecule has 1 aromatic heterocycles. The van der Waals surface area contributed by atoms with Crippen molar-refractivity contribution >= 4 is 27.0 Å². The van der Waals surface area contributed by atoms with Crippen molar-refractivity contribution in [3.63, 3.8) is 0 Å². The molecule has 2 aromatic carbocycles. The third-order valence-electron chi connectivity index (χ3n) is 6.95. The van der Waals surface area contributed by atoms with Crippen LogP contribution < -0.4 is 0 Å². The normalized spacial score (nSPS) is 22.5. The Morgan fingerprint density at radius 3 is 2.55 bits per heavy atom. The van der Waals surface area contributed by atoms with Crippen molar-refractivity contribution in [3.05, 3.63) is 59.9 Å². The fraction of sp³-hybridized carbons (Fsp3) is 0.440. The van der Waals surface area contributed by atoms with Gasteiger partial charge in [-0.25, -0.2) is 13.4 Å². The van der Waals surface area contributed by atoms with E-state index in [1.165, 1.54) is 0 Å². The molecule has 8 heteroatoms. The zero-order valence-corrected chi connectivity index (χ0v) is 19.7. The van der Waals surface area contributed by atoms with Crippen LogP contribution in [0.25, 0.3) is 11.0 Å². The van der Waals surface area contributed by atoms with Crippen molar-refractivity contribution < 1.29 is 13.2 Å². The predicted molar refractivity (Wildman–Crippen MR) is 128 cm³/mol. The molecule has 0 spiro atoms. The molecule has 2 atom stereocenters. The number of likely N-dealkylation sites (tertiary alicyclic amines) is 1. The molecule has 33 heavy (non-hydrogen) atoms. The number of H-pyrrole nitrogens is 1.